The first-order valence-electron chi connectivity index (χ1n) is 6.98. The highest BCUT2D eigenvalue weighted by Gasteiger charge is 2.23. The Balaban J connectivity index is 2.67. The molecule has 0 saturated heterocycles. The van der Waals surface area contributed by atoms with Crippen molar-refractivity contribution in [3.8, 4) is 0 Å². The second kappa shape index (κ2) is 8.86. The summed E-state index contributed by atoms with van der Waals surface area (Å²) >= 11 is 11.8. The monoisotopic (exact) mass is 346 g/mol. The fraction of sp³-hybridized carbons (Fsp3) is 0.467. The van der Waals surface area contributed by atoms with Crippen LogP contribution in [0.15, 0.2) is 18.2 Å². The quantitative estimate of drug-likeness (QED) is 0.743. The third kappa shape index (κ3) is 5.39. The number of carbonyl (C=O) groups excluding carboxylic acids is 2. The summed E-state index contributed by atoms with van der Waals surface area (Å²) in [6.07, 6.45) is 1.28. The second-order valence-electron chi connectivity index (χ2n) is 4.87. The summed E-state index contributed by atoms with van der Waals surface area (Å²) in [5.74, 6) is -0.744. The summed E-state index contributed by atoms with van der Waals surface area (Å²) in [5, 5.41) is 6.53. The van der Waals surface area contributed by atoms with Crippen LogP contribution in [-0.2, 0) is 14.3 Å². The predicted molar refractivity (Wildman–Crippen MR) is 88.4 cm³/mol. The van der Waals surface area contributed by atoms with E-state index in [4.69, 9.17) is 23.2 Å². The minimum Gasteiger partial charge on any atom is -0.467 e. The van der Waals surface area contributed by atoms with Crippen molar-refractivity contribution in [3.05, 3.63) is 28.2 Å². The molecule has 2 N–H and O–H groups in total. The van der Waals surface area contributed by atoms with E-state index in [2.05, 4.69) is 15.4 Å². The number of esters is 1. The average Bonchev–Trinajstić information content (AvgIpc) is 2.49. The van der Waals surface area contributed by atoms with Crippen molar-refractivity contribution in [1.82, 2.24) is 5.32 Å². The molecule has 0 aliphatic carbocycles. The Morgan fingerprint density at radius 2 is 1.95 bits per heavy atom. The van der Waals surface area contributed by atoms with Crippen LogP contribution in [0, 0.1) is 0 Å². The molecule has 0 aromatic heterocycles. The molecule has 0 aliphatic rings. The van der Waals surface area contributed by atoms with Gasteiger partial charge in [0, 0.05) is 5.69 Å². The van der Waals surface area contributed by atoms with E-state index in [1.165, 1.54) is 7.11 Å². The van der Waals surface area contributed by atoms with E-state index in [9.17, 15) is 9.59 Å². The van der Waals surface area contributed by atoms with Gasteiger partial charge < -0.3 is 15.4 Å². The molecule has 5 nitrogen and oxygen atoms in total. The Morgan fingerprint density at radius 3 is 2.50 bits per heavy atom. The zero-order chi connectivity index (χ0) is 16.7. The van der Waals surface area contributed by atoms with Gasteiger partial charge in [-0.1, -0.05) is 36.5 Å². The van der Waals surface area contributed by atoms with Crippen LogP contribution >= 0.6 is 23.2 Å². The lowest BCUT2D eigenvalue weighted by Gasteiger charge is -2.20. The Labute approximate surface area is 140 Å². The summed E-state index contributed by atoms with van der Waals surface area (Å²) in [6.45, 7) is 3.62. The first-order chi connectivity index (χ1) is 10.4. The number of rotatable bonds is 7. The first-order valence-corrected chi connectivity index (χ1v) is 7.74. The van der Waals surface area contributed by atoms with Gasteiger partial charge in [0.2, 0.25) is 5.91 Å². The molecule has 0 heterocycles. The van der Waals surface area contributed by atoms with E-state index in [-0.39, 0.29) is 5.91 Å². The Bertz CT molecular complexity index is 538. The van der Waals surface area contributed by atoms with Crippen molar-refractivity contribution in [1.29, 1.82) is 0 Å². The molecule has 0 aliphatic heterocycles. The molecule has 2 atom stereocenters. The van der Waals surface area contributed by atoms with Crippen molar-refractivity contribution in [3.63, 3.8) is 0 Å². The van der Waals surface area contributed by atoms with E-state index >= 15 is 0 Å². The minimum absolute atomic E-state index is 0.296. The minimum atomic E-state index is -0.638. The molecule has 0 fully saturated rings. The van der Waals surface area contributed by atoms with Crippen LogP contribution in [0.5, 0.6) is 0 Å². The SMILES string of the molecule is CCCC(NC(=O)[C@H](C)Nc1ccc(Cl)c(Cl)c1)C(=O)OC. The topological polar surface area (TPSA) is 67.4 Å². The van der Waals surface area contributed by atoms with Crippen LogP contribution in [0.2, 0.25) is 10.0 Å². The Morgan fingerprint density at radius 1 is 1.27 bits per heavy atom. The zero-order valence-electron chi connectivity index (χ0n) is 12.8. The third-order valence-corrected chi connectivity index (χ3v) is 3.81. The van der Waals surface area contributed by atoms with Crippen LogP contribution in [-0.4, -0.2) is 31.1 Å². The highest BCUT2D eigenvalue weighted by Crippen LogP contribution is 2.25. The van der Waals surface area contributed by atoms with Gasteiger partial charge in [0.1, 0.15) is 12.1 Å². The molecule has 0 spiro atoms. The van der Waals surface area contributed by atoms with Gasteiger partial charge in [0.25, 0.3) is 0 Å². The van der Waals surface area contributed by atoms with Crippen molar-refractivity contribution in [2.45, 2.75) is 38.8 Å². The molecule has 1 amide bonds. The molecule has 1 unspecified atom stereocenters. The van der Waals surface area contributed by atoms with Crippen molar-refractivity contribution < 1.29 is 14.3 Å². The molecule has 22 heavy (non-hydrogen) atoms. The number of benzene rings is 1. The van der Waals surface area contributed by atoms with Crippen LogP contribution < -0.4 is 10.6 Å². The number of methoxy groups -OCH3 is 1. The highest BCUT2D eigenvalue weighted by molar-refractivity contribution is 6.42. The fourth-order valence-corrected chi connectivity index (χ4v) is 2.18. The standard InChI is InChI=1S/C15H20Cl2N2O3/c1-4-5-13(15(21)22-3)19-14(20)9(2)18-10-6-7-11(16)12(17)8-10/h6-9,13,18H,4-5H2,1-3H3,(H,19,20)/t9-,13?/m0/s1. The molecular formula is C15H20Cl2N2O3. The largest absolute Gasteiger partial charge is 0.467 e. The summed E-state index contributed by atoms with van der Waals surface area (Å²) in [7, 11) is 1.30. The van der Waals surface area contributed by atoms with Gasteiger partial charge in [-0.2, -0.15) is 0 Å². The zero-order valence-corrected chi connectivity index (χ0v) is 14.3. The maximum absolute atomic E-state index is 12.2. The van der Waals surface area contributed by atoms with Gasteiger partial charge in [0.15, 0.2) is 0 Å². The summed E-state index contributed by atoms with van der Waals surface area (Å²) in [5.41, 5.74) is 0.669. The van der Waals surface area contributed by atoms with Gasteiger partial charge in [-0.05, 0) is 31.5 Å². The molecular weight excluding hydrogens is 327 g/mol. The summed E-state index contributed by atoms with van der Waals surface area (Å²) < 4.78 is 4.69. The molecule has 1 aromatic rings. The van der Waals surface area contributed by atoms with Gasteiger partial charge in [-0.15, -0.1) is 0 Å². The number of hydrogen-bond acceptors (Lipinski definition) is 4. The lowest BCUT2D eigenvalue weighted by molar-refractivity contribution is -0.145. The van der Waals surface area contributed by atoms with Crippen molar-refractivity contribution in [2.75, 3.05) is 12.4 Å². The summed E-state index contributed by atoms with van der Waals surface area (Å²) in [4.78, 5) is 23.8. The van der Waals surface area contributed by atoms with E-state index in [1.807, 2.05) is 6.92 Å². The maximum atomic E-state index is 12.2. The van der Waals surface area contributed by atoms with E-state index in [0.29, 0.717) is 22.2 Å². The fourth-order valence-electron chi connectivity index (χ4n) is 1.88. The first kappa shape index (κ1) is 18.6. The van der Waals surface area contributed by atoms with Gasteiger partial charge in [0.05, 0.1) is 17.2 Å². The second-order valence-corrected chi connectivity index (χ2v) is 5.68. The van der Waals surface area contributed by atoms with E-state index in [1.54, 1.807) is 25.1 Å². The molecule has 0 bridgehead atoms. The van der Waals surface area contributed by atoms with Gasteiger partial charge >= 0.3 is 5.97 Å². The molecule has 122 valence electrons. The van der Waals surface area contributed by atoms with E-state index < -0.39 is 18.1 Å². The van der Waals surface area contributed by atoms with Crippen LogP contribution in [0.1, 0.15) is 26.7 Å². The number of anilines is 1. The van der Waals surface area contributed by atoms with Gasteiger partial charge in [-0.3, -0.25) is 4.79 Å². The number of ether oxygens (including phenoxy) is 1. The number of carbonyl (C=O) groups is 2. The third-order valence-electron chi connectivity index (χ3n) is 3.08. The van der Waals surface area contributed by atoms with E-state index in [0.717, 1.165) is 6.42 Å². The summed E-state index contributed by atoms with van der Waals surface area (Å²) in [6, 6.07) is 3.83. The predicted octanol–water partition coefficient (Wildman–Crippen LogP) is 3.25. The highest BCUT2D eigenvalue weighted by atomic mass is 35.5. The average molecular weight is 347 g/mol. The van der Waals surface area contributed by atoms with Crippen LogP contribution in [0.25, 0.3) is 0 Å². The molecule has 1 rings (SSSR count). The molecule has 7 heteroatoms. The van der Waals surface area contributed by atoms with Gasteiger partial charge in [-0.25, -0.2) is 4.79 Å². The smallest absolute Gasteiger partial charge is 0.328 e. The molecule has 0 saturated carbocycles. The molecule has 1 aromatic carbocycles. The van der Waals surface area contributed by atoms with Crippen molar-refractivity contribution in [2.24, 2.45) is 0 Å². The Hall–Kier alpha value is -1.46. The molecule has 0 radical (unpaired) electrons. The number of amides is 1. The normalized spacial score (nSPS) is 13.1. The van der Waals surface area contributed by atoms with Crippen LogP contribution in [0.4, 0.5) is 5.69 Å². The lowest BCUT2D eigenvalue weighted by atomic mass is 10.1. The number of hydrogen-bond donors (Lipinski definition) is 2. The number of halogens is 2. The lowest BCUT2D eigenvalue weighted by Crippen LogP contribution is -2.47. The number of nitrogens with one attached hydrogen (secondary N) is 2. The maximum Gasteiger partial charge on any atom is 0.328 e. The van der Waals surface area contributed by atoms with Crippen molar-refractivity contribution >= 4 is 40.8 Å². The van der Waals surface area contributed by atoms with Crippen LogP contribution in [0.3, 0.4) is 0 Å². The Kier molecular flexibility index (Phi) is 7.48.